The van der Waals surface area contributed by atoms with Crippen molar-refractivity contribution in [2.24, 2.45) is 0 Å². The second-order valence-electron chi connectivity index (χ2n) is 10.4. The number of benzene rings is 4. The molecule has 4 aromatic carbocycles. The Kier molecular flexibility index (Phi) is 9.51. The summed E-state index contributed by atoms with van der Waals surface area (Å²) in [5.41, 5.74) is 5.76. The van der Waals surface area contributed by atoms with Crippen LogP contribution in [-0.4, -0.2) is 41.8 Å². The van der Waals surface area contributed by atoms with Gasteiger partial charge in [0.1, 0.15) is 11.9 Å². The summed E-state index contributed by atoms with van der Waals surface area (Å²) in [6.07, 6.45) is 2.23. The standard InChI is InChI=1S/C34H33FN2O5S/c1-22-5-3-4-6-27(22)29-17-24(9-13-28(29)33(38)36-30(34(39)40)15-16-43-2)20-37(19-23-7-10-25(35)11-8-23)26-12-14-31-32(18-26)42-21-41-31/h3-14,17-18,30H,15-16,19-21H2,1-2H3,(H,36,38)(H,39,40)/t30-/m0/s1. The molecule has 0 fully saturated rings. The molecule has 0 saturated heterocycles. The molecule has 1 atom stereocenters. The van der Waals surface area contributed by atoms with Crippen molar-refractivity contribution in [3.8, 4) is 22.6 Å². The summed E-state index contributed by atoms with van der Waals surface area (Å²) in [6, 6.07) is 24.6. The number of ether oxygens (including phenoxy) is 2. The highest BCUT2D eigenvalue weighted by atomic mass is 32.2. The largest absolute Gasteiger partial charge is 0.480 e. The van der Waals surface area contributed by atoms with Crippen LogP contribution in [0.5, 0.6) is 11.5 Å². The Bertz CT molecular complexity index is 1610. The lowest BCUT2D eigenvalue weighted by molar-refractivity contribution is -0.139. The van der Waals surface area contributed by atoms with Gasteiger partial charge >= 0.3 is 5.97 Å². The number of halogens is 1. The van der Waals surface area contributed by atoms with Crippen molar-refractivity contribution in [3.05, 3.63) is 113 Å². The van der Waals surface area contributed by atoms with Crippen molar-refractivity contribution < 1.29 is 28.6 Å². The van der Waals surface area contributed by atoms with Gasteiger partial charge in [-0.05, 0) is 89.6 Å². The van der Waals surface area contributed by atoms with Crippen LogP contribution in [0.3, 0.4) is 0 Å². The number of fused-ring (bicyclic) bond motifs is 1. The number of amides is 1. The Balaban J connectivity index is 1.51. The fourth-order valence-electron chi connectivity index (χ4n) is 5.07. The van der Waals surface area contributed by atoms with E-state index in [0.29, 0.717) is 42.3 Å². The Morgan fingerprint density at radius 1 is 0.930 bits per heavy atom. The van der Waals surface area contributed by atoms with E-state index >= 15 is 0 Å². The first-order valence-electron chi connectivity index (χ1n) is 13.9. The molecule has 0 radical (unpaired) electrons. The zero-order valence-electron chi connectivity index (χ0n) is 24.0. The third-order valence-electron chi connectivity index (χ3n) is 7.36. The minimum Gasteiger partial charge on any atom is -0.480 e. The topological polar surface area (TPSA) is 88.1 Å². The van der Waals surface area contributed by atoms with Crippen LogP contribution in [0.4, 0.5) is 10.1 Å². The maximum Gasteiger partial charge on any atom is 0.326 e. The molecule has 1 heterocycles. The zero-order chi connectivity index (χ0) is 30.3. The van der Waals surface area contributed by atoms with Gasteiger partial charge in [0.05, 0.1) is 0 Å². The molecular weight excluding hydrogens is 567 g/mol. The number of hydrogen-bond donors (Lipinski definition) is 2. The molecule has 1 amide bonds. The van der Waals surface area contributed by atoms with Crippen molar-refractivity contribution in [2.45, 2.75) is 32.5 Å². The van der Waals surface area contributed by atoms with Gasteiger partial charge in [0.15, 0.2) is 11.5 Å². The Morgan fingerprint density at radius 3 is 2.40 bits per heavy atom. The predicted molar refractivity (Wildman–Crippen MR) is 167 cm³/mol. The molecule has 1 aliphatic heterocycles. The maximum absolute atomic E-state index is 13.7. The molecule has 0 unspecified atom stereocenters. The number of thioether (sulfide) groups is 1. The van der Waals surface area contributed by atoms with Crippen molar-refractivity contribution >= 4 is 29.3 Å². The first-order chi connectivity index (χ1) is 20.8. The number of aliphatic carboxylic acids is 1. The molecule has 5 rings (SSSR count). The molecule has 4 aromatic rings. The number of anilines is 1. The average Bonchev–Trinajstić information content (AvgIpc) is 3.48. The van der Waals surface area contributed by atoms with Gasteiger partial charge in [-0.15, -0.1) is 0 Å². The number of rotatable bonds is 12. The molecule has 0 spiro atoms. The fraction of sp³-hybridized carbons (Fsp3) is 0.235. The summed E-state index contributed by atoms with van der Waals surface area (Å²) >= 11 is 1.53. The summed E-state index contributed by atoms with van der Waals surface area (Å²) in [5.74, 6) is 0.163. The van der Waals surface area contributed by atoms with Crippen LogP contribution in [-0.2, 0) is 17.9 Å². The van der Waals surface area contributed by atoms with E-state index in [1.165, 1.54) is 23.9 Å². The first kappa shape index (κ1) is 30.0. The minimum absolute atomic E-state index is 0.167. The molecule has 0 saturated carbocycles. The van der Waals surface area contributed by atoms with Crippen LogP contribution in [0.25, 0.3) is 11.1 Å². The lowest BCUT2D eigenvalue weighted by Gasteiger charge is -2.26. The molecule has 2 N–H and O–H groups in total. The highest BCUT2D eigenvalue weighted by Gasteiger charge is 2.23. The smallest absolute Gasteiger partial charge is 0.326 e. The number of carbonyl (C=O) groups is 2. The number of nitrogens with one attached hydrogen (secondary N) is 1. The molecular formula is C34H33FN2O5S. The van der Waals surface area contributed by atoms with Crippen LogP contribution >= 0.6 is 11.8 Å². The fourth-order valence-corrected chi connectivity index (χ4v) is 5.54. The number of aryl methyl sites for hydroxylation is 1. The number of carboxylic acids is 1. The lowest BCUT2D eigenvalue weighted by Crippen LogP contribution is -2.41. The van der Waals surface area contributed by atoms with E-state index in [1.54, 1.807) is 18.2 Å². The zero-order valence-corrected chi connectivity index (χ0v) is 24.8. The van der Waals surface area contributed by atoms with E-state index < -0.39 is 17.9 Å². The molecule has 222 valence electrons. The second kappa shape index (κ2) is 13.6. The van der Waals surface area contributed by atoms with Crippen LogP contribution in [0, 0.1) is 12.7 Å². The average molecular weight is 601 g/mol. The third-order valence-corrected chi connectivity index (χ3v) is 8.00. The maximum atomic E-state index is 13.7. The Hall–Kier alpha value is -4.50. The van der Waals surface area contributed by atoms with Gasteiger partial charge in [-0.2, -0.15) is 11.8 Å². The van der Waals surface area contributed by atoms with Gasteiger partial charge in [-0.1, -0.05) is 42.5 Å². The Morgan fingerprint density at radius 2 is 1.65 bits per heavy atom. The van der Waals surface area contributed by atoms with E-state index in [9.17, 15) is 19.1 Å². The molecule has 7 nitrogen and oxygen atoms in total. The van der Waals surface area contributed by atoms with E-state index in [0.717, 1.165) is 33.5 Å². The van der Waals surface area contributed by atoms with Crippen molar-refractivity contribution in [1.82, 2.24) is 5.32 Å². The van der Waals surface area contributed by atoms with Crippen molar-refractivity contribution in [2.75, 3.05) is 23.7 Å². The van der Waals surface area contributed by atoms with E-state index in [-0.39, 0.29) is 12.6 Å². The van der Waals surface area contributed by atoms with Crippen LogP contribution in [0.1, 0.15) is 33.5 Å². The highest BCUT2D eigenvalue weighted by Crippen LogP contribution is 2.37. The summed E-state index contributed by atoms with van der Waals surface area (Å²) in [6.45, 7) is 3.12. The monoisotopic (exact) mass is 600 g/mol. The van der Waals surface area contributed by atoms with Crippen LogP contribution < -0.4 is 19.7 Å². The van der Waals surface area contributed by atoms with Gasteiger partial charge in [-0.3, -0.25) is 4.79 Å². The normalized spacial score (nSPS) is 12.5. The summed E-state index contributed by atoms with van der Waals surface area (Å²) in [5, 5.41) is 12.4. The lowest BCUT2D eigenvalue weighted by atomic mass is 9.93. The number of hydrogen-bond acceptors (Lipinski definition) is 6. The van der Waals surface area contributed by atoms with Gasteiger partial charge < -0.3 is 24.8 Å². The number of carbonyl (C=O) groups excluding carboxylic acids is 1. The SMILES string of the molecule is CSCC[C@H](NC(=O)c1ccc(CN(Cc2ccc(F)cc2)c2ccc3c(c2)OCO3)cc1-c1ccccc1C)C(=O)O. The molecule has 9 heteroatoms. The van der Waals surface area contributed by atoms with E-state index in [2.05, 4.69) is 10.2 Å². The highest BCUT2D eigenvalue weighted by molar-refractivity contribution is 7.98. The van der Waals surface area contributed by atoms with Gasteiger partial charge in [-0.25, -0.2) is 9.18 Å². The first-order valence-corrected chi connectivity index (χ1v) is 15.3. The van der Waals surface area contributed by atoms with Crippen LogP contribution in [0.15, 0.2) is 84.9 Å². The van der Waals surface area contributed by atoms with Gasteiger partial charge in [0, 0.05) is 30.4 Å². The van der Waals surface area contributed by atoms with E-state index in [1.807, 2.05) is 67.8 Å². The number of nitrogens with zero attached hydrogens (tertiary/aromatic N) is 1. The van der Waals surface area contributed by atoms with E-state index in [4.69, 9.17) is 9.47 Å². The predicted octanol–water partition coefficient (Wildman–Crippen LogP) is 6.67. The molecule has 0 bridgehead atoms. The molecule has 43 heavy (non-hydrogen) atoms. The number of carboxylic acid groups (broad SMARTS) is 1. The molecule has 0 aromatic heterocycles. The van der Waals surface area contributed by atoms with Crippen molar-refractivity contribution in [1.29, 1.82) is 0 Å². The summed E-state index contributed by atoms with van der Waals surface area (Å²) < 4.78 is 24.8. The quantitative estimate of drug-likeness (QED) is 0.188. The second-order valence-corrected chi connectivity index (χ2v) is 11.3. The van der Waals surface area contributed by atoms with Gasteiger partial charge in [0.2, 0.25) is 6.79 Å². The van der Waals surface area contributed by atoms with Gasteiger partial charge in [0.25, 0.3) is 5.91 Å². The molecule has 0 aliphatic carbocycles. The molecule has 1 aliphatic rings. The summed E-state index contributed by atoms with van der Waals surface area (Å²) in [7, 11) is 0. The van der Waals surface area contributed by atoms with Crippen molar-refractivity contribution in [3.63, 3.8) is 0 Å². The Labute approximate surface area is 254 Å². The minimum atomic E-state index is -1.06. The third kappa shape index (κ3) is 7.29. The summed E-state index contributed by atoms with van der Waals surface area (Å²) in [4.78, 5) is 27.5. The van der Waals surface area contributed by atoms with Crippen LogP contribution in [0.2, 0.25) is 0 Å².